The Balaban J connectivity index is 3.30. The van der Waals surface area contributed by atoms with Gasteiger partial charge >= 0.3 is 12.4 Å². The summed E-state index contributed by atoms with van der Waals surface area (Å²) in [6.45, 7) is 0. The molecule has 0 nitrogen and oxygen atoms in total. The van der Waals surface area contributed by atoms with E-state index in [1.54, 1.807) is 0 Å². The fourth-order valence-corrected chi connectivity index (χ4v) is 1.54. The predicted molar refractivity (Wildman–Crippen MR) is 50.9 cm³/mol. The molecular weight excluding hydrogens is 270 g/mol. The number of alkyl halides is 7. The number of benzene rings is 1. The van der Waals surface area contributed by atoms with Crippen molar-refractivity contribution < 1.29 is 26.3 Å². The molecule has 0 aromatic heterocycles. The zero-order chi connectivity index (χ0) is 13.3. The first-order chi connectivity index (χ1) is 7.66. The summed E-state index contributed by atoms with van der Waals surface area (Å²) in [6.07, 6.45) is -9.74. The van der Waals surface area contributed by atoms with Gasteiger partial charge in [0.05, 0.1) is 11.1 Å². The van der Waals surface area contributed by atoms with Gasteiger partial charge in [-0.15, -0.1) is 11.6 Å². The molecule has 0 N–H and O–H groups in total. The number of rotatable bonds is 2. The summed E-state index contributed by atoms with van der Waals surface area (Å²) >= 11 is 5.30. The van der Waals surface area contributed by atoms with Crippen LogP contribution in [0.5, 0.6) is 0 Å². The summed E-state index contributed by atoms with van der Waals surface area (Å²) in [6, 6.07) is 1.55. The highest BCUT2D eigenvalue weighted by atomic mass is 35.5. The van der Waals surface area contributed by atoms with Gasteiger partial charge in [-0.2, -0.15) is 26.3 Å². The van der Waals surface area contributed by atoms with Gasteiger partial charge in [-0.3, -0.25) is 0 Å². The molecule has 0 aliphatic heterocycles. The van der Waals surface area contributed by atoms with Crippen LogP contribution in [0.25, 0.3) is 0 Å². The molecule has 0 spiro atoms. The summed E-state index contributed by atoms with van der Waals surface area (Å²) in [5.41, 5.74) is -2.84. The van der Waals surface area contributed by atoms with E-state index in [1.807, 2.05) is 0 Å². The van der Waals surface area contributed by atoms with Crippen molar-refractivity contribution in [2.24, 2.45) is 0 Å². The molecule has 0 fully saturated rings. The van der Waals surface area contributed by atoms with Gasteiger partial charge < -0.3 is 0 Å². The van der Waals surface area contributed by atoms with Crippen molar-refractivity contribution in [3.8, 4) is 0 Å². The molecule has 0 aliphatic rings. The monoisotopic (exact) mass is 276 g/mol. The van der Waals surface area contributed by atoms with Crippen molar-refractivity contribution in [3.63, 3.8) is 0 Å². The minimum Gasteiger partial charge on any atom is -0.166 e. The Bertz CT molecular complexity index is 393. The van der Waals surface area contributed by atoms with E-state index < -0.39 is 23.5 Å². The molecule has 0 atom stereocenters. The second-order valence-electron chi connectivity index (χ2n) is 3.31. The quantitative estimate of drug-likeness (QED) is 0.551. The standard InChI is InChI=1S/C10H7ClF6/c11-4-3-6-1-2-7(9(12,13)14)5-8(6)10(15,16)17/h1-2,5H,3-4H2. The minimum atomic E-state index is -4.82. The molecule has 0 radical (unpaired) electrons. The number of halogens is 7. The van der Waals surface area contributed by atoms with Crippen LogP contribution < -0.4 is 0 Å². The van der Waals surface area contributed by atoms with E-state index >= 15 is 0 Å². The van der Waals surface area contributed by atoms with Gasteiger partial charge in [-0.1, -0.05) is 6.07 Å². The minimum absolute atomic E-state index is 0.0888. The largest absolute Gasteiger partial charge is 0.416 e. The number of hydrogen-bond donors (Lipinski definition) is 0. The van der Waals surface area contributed by atoms with Crippen LogP contribution in [0.15, 0.2) is 18.2 Å². The Labute approximate surface area is 98.2 Å². The van der Waals surface area contributed by atoms with E-state index in [4.69, 9.17) is 11.6 Å². The third-order valence-corrected chi connectivity index (χ3v) is 2.30. The Kier molecular flexibility index (Phi) is 3.96. The van der Waals surface area contributed by atoms with Crippen LogP contribution >= 0.6 is 11.6 Å². The van der Waals surface area contributed by atoms with Crippen molar-refractivity contribution >= 4 is 11.6 Å². The highest BCUT2D eigenvalue weighted by molar-refractivity contribution is 6.18. The Morgan fingerprint density at radius 1 is 0.941 bits per heavy atom. The molecule has 1 rings (SSSR count). The Morgan fingerprint density at radius 3 is 1.94 bits per heavy atom. The van der Waals surface area contributed by atoms with E-state index in [-0.39, 0.29) is 23.9 Å². The molecule has 0 unspecified atom stereocenters. The van der Waals surface area contributed by atoms with Crippen LogP contribution in [-0.4, -0.2) is 5.88 Å². The molecule has 0 bridgehead atoms. The Hall–Kier alpha value is -0.910. The van der Waals surface area contributed by atoms with Crippen LogP contribution in [0.4, 0.5) is 26.3 Å². The summed E-state index contributed by atoms with van der Waals surface area (Å²) in [4.78, 5) is 0. The maximum absolute atomic E-state index is 12.5. The van der Waals surface area contributed by atoms with Gasteiger partial charge in [-0.25, -0.2) is 0 Å². The van der Waals surface area contributed by atoms with E-state index in [0.717, 1.165) is 6.07 Å². The molecule has 0 heterocycles. The average molecular weight is 277 g/mol. The lowest BCUT2D eigenvalue weighted by Gasteiger charge is -2.15. The van der Waals surface area contributed by atoms with Crippen molar-refractivity contribution in [1.82, 2.24) is 0 Å². The highest BCUT2D eigenvalue weighted by Crippen LogP contribution is 2.37. The summed E-state index contributed by atoms with van der Waals surface area (Å²) in [7, 11) is 0. The van der Waals surface area contributed by atoms with Crippen LogP contribution in [0.3, 0.4) is 0 Å². The van der Waals surface area contributed by atoms with E-state index in [9.17, 15) is 26.3 Å². The summed E-state index contributed by atoms with van der Waals surface area (Å²) < 4.78 is 74.4. The third-order valence-electron chi connectivity index (χ3n) is 2.11. The van der Waals surface area contributed by atoms with Gasteiger partial charge in [0.25, 0.3) is 0 Å². The summed E-state index contributed by atoms with van der Waals surface area (Å²) in [5.74, 6) is -0.0888. The summed E-state index contributed by atoms with van der Waals surface area (Å²) in [5, 5.41) is 0. The Morgan fingerprint density at radius 2 is 1.53 bits per heavy atom. The molecule has 7 heteroatoms. The second kappa shape index (κ2) is 4.76. The average Bonchev–Trinajstić information content (AvgIpc) is 2.15. The van der Waals surface area contributed by atoms with Gasteiger partial charge in [0.1, 0.15) is 0 Å². The first kappa shape index (κ1) is 14.2. The van der Waals surface area contributed by atoms with Crippen molar-refractivity contribution in [3.05, 3.63) is 34.9 Å². The molecule has 0 saturated carbocycles. The lowest BCUT2D eigenvalue weighted by atomic mass is 10.0. The fraction of sp³-hybridized carbons (Fsp3) is 0.400. The van der Waals surface area contributed by atoms with E-state index in [1.165, 1.54) is 0 Å². The molecule has 1 aromatic rings. The smallest absolute Gasteiger partial charge is 0.166 e. The maximum Gasteiger partial charge on any atom is 0.416 e. The van der Waals surface area contributed by atoms with Gasteiger partial charge in [0.15, 0.2) is 0 Å². The van der Waals surface area contributed by atoms with Crippen molar-refractivity contribution in [1.29, 1.82) is 0 Å². The molecule has 17 heavy (non-hydrogen) atoms. The lowest BCUT2D eigenvalue weighted by molar-refractivity contribution is -0.143. The van der Waals surface area contributed by atoms with Crippen LogP contribution in [0.1, 0.15) is 16.7 Å². The zero-order valence-corrected chi connectivity index (χ0v) is 9.05. The molecule has 0 saturated heterocycles. The normalized spacial score (nSPS) is 12.9. The zero-order valence-electron chi connectivity index (χ0n) is 8.29. The molecule has 0 amide bonds. The maximum atomic E-state index is 12.5. The van der Waals surface area contributed by atoms with Crippen LogP contribution in [0.2, 0.25) is 0 Å². The van der Waals surface area contributed by atoms with E-state index in [0.29, 0.717) is 6.07 Å². The number of hydrogen-bond acceptors (Lipinski definition) is 0. The van der Waals surface area contributed by atoms with Gasteiger partial charge in [-0.05, 0) is 24.1 Å². The molecular formula is C10H7ClF6. The topological polar surface area (TPSA) is 0 Å². The number of aryl methyl sites for hydroxylation is 1. The van der Waals surface area contributed by atoms with Crippen molar-refractivity contribution in [2.45, 2.75) is 18.8 Å². The second-order valence-corrected chi connectivity index (χ2v) is 3.68. The highest BCUT2D eigenvalue weighted by Gasteiger charge is 2.37. The van der Waals surface area contributed by atoms with Crippen molar-refractivity contribution in [2.75, 3.05) is 5.88 Å². The molecule has 96 valence electrons. The SMILES string of the molecule is FC(F)(F)c1ccc(CCCl)c(C(F)(F)F)c1. The van der Waals surface area contributed by atoms with Crippen LogP contribution in [0, 0.1) is 0 Å². The van der Waals surface area contributed by atoms with Gasteiger partial charge in [0.2, 0.25) is 0 Å². The predicted octanol–water partition coefficient (Wildman–Crippen LogP) is 4.51. The first-order valence-electron chi connectivity index (χ1n) is 4.49. The molecule has 0 aliphatic carbocycles. The molecule has 1 aromatic carbocycles. The van der Waals surface area contributed by atoms with E-state index in [2.05, 4.69) is 0 Å². The lowest BCUT2D eigenvalue weighted by Crippen LogP contribution is -2.13. The van der Waals surface area contributed by atoms with Crippen LogP contribution in [-0.2, 0) is 18.8 Å². The third kappa shape index (κ3) is 3.52. The van der Waals surface area contributed by atoms with Gasteiger partial charge in [0, 0.05) is 5.88 Å². The first-order valence-corrected chi connectivity index (χ1v) is 5.03. The fourth-order valence-electron chi connectivity index (χ4n) is 1.34.